The van der Waals surface area contributed by atoms with Gasteiger partial charge in [-0.15, -0.1) is 0 Å². The Morgan fingerprint density at radius 3 is 2.67 bits per heavy atom. The van der Waals surface area contributed by atoms with Gasteiger partial charge in [-0.3, -0.25) is 4.79 Å². The van der Waals surface area contributed by atoms with Gasteiger partial charge in [0.1, 0.15) is 5.82 Å². The highest BCUT2D eigenvalue weighted by Gasteiger charge is 2.42. The summed E-state index contributed by atoms with van der Waals surface area (Å²) in [5.41, 5.74) is 0.501. The van der Waals surface area contributed by atoms with Gasteiger partial charge in [0.25, 0.3) is 0 Å². The number of methoxy groups -OCH3 is 1. The molecule has 2 unspecified atom stereocenters. The quantitative estimate of drug-likeness (QED) is 0.707. The zero-order valence-electron chi connectivity index (χ0n) is 16.7. The van der Waals surface area contributed by atoms with Crippen molar-refractivity contribution >= 4 is 22.6 Å². The minimum atomic E-state index is -5.01. The molecule has 30 heavy (non-hydrogen) atoms. The zero-order valence-corrected chi connectivity index (χ0v) is 17.5. The van der Waals surface area contributed by atoms with E-state index < -0.39 is 29.9 Å². The minimum Gasteiger partial charge on any atom is -0.494 e. The standard InChI is InChI=1S/C19H22F4N4O2S/c1-10(2)16-25-18(30-26-16)27-7-6-12(11-4-5-15(29-3)13(20)8-11)14(9-27)24-17(28)19(21,22)23/h4-5,8,10,12,14H,6-7,9H2,1-3H3,(H,24,28). The first-order valence-electron chi connectivity index (χ1n) is 9.39. The Bertz CT molecular complexity index is 903. The zero-order chi connectivity index (χ0) is 22.1. The lowest BCUT2D eigenvalue weighted by Gasteiger charge is -2.39. The van der Waals surface area contributed by atoms with Crippen molar-refractivity contribution < 1.29 is 27.1 Å². The molecule has 1 aromatic carbocycles. The maximum Gasteiger partial charge on any atom is 0.471 e. The van der Waals surface area contributed by atoms with Gasteiger partial charge in [-0.05, 0) is 24.1 Å². The molecule has 1 fully saturated rings. The van der Waals surface area contributed by atoms with Crippen LogP contribution in [0.25, 0.3) is 0 Å². The number of alkyl halides is 3. The predicted octanol–water partition coefficient (Wildman–Crippen LogP) is 3.85. The summed E-state index contributed by atoms with van der Waals surface area (Å²) in [6, 6.07) is 3.40. The Morgan fingerprint density at radius 2 is 2.10 bits per heavy atom. The normalized spacial score (nSPS) is 19.8. The maximum absolute atomic E-state index is 14.2. The topological polar surface area (TPSA) is 67.3 Å². The number of benzene rings is 1. The van der Waals surface area contributed by atoms with Gasteiger partial charge in [0.2, 0.25) is 5.13 Å². The molecule has 2 aromatic rings. The molecule has 1 aromatic heterocycles. The summed E-state index contributed by atoms with van der Waals surface area (Å²) in [4.78, 5) is 17.9. The van der Waals surface area contributed by atoms with Gasteiger partial charge >= 0.3 is 12.1 Å². The van der Waals surface area contributed by atoms with E-state index in [0.717, 1.165) is 0 Å². The predicted molar refractivity (Wildman–Crippen MR) is 105 cm³/mol. The molecule has 6 nitrogen and oxygen atoms in total. The first-order chi connectivity index (χ1) is 14.1. The second-order valence-electron chi connectivity index (χ2n) is 7.40. The van der Waals surface area contributed by atoms with Crippen molar-refractivity contribution in [3.8, 4) is 5.75 Å². The third-order valence-electron chi connectivity index (χ3n) is 5.01. The van der Waals surface area contributed by atoms with E-state index in [4.69, 9.17) is 4.74 Å². The van der Waals surface area contributed by atoms with Crippen LogP contribution < -0.4 is 15.0 Å². The van der Waals surface area contributed by atoms with Gasteiger partial charge in [0.05, 0.1) is 13.2 Å². The smallest absolute Gasteiger partial charge is 0.471 e. The fourth-order valence-electron chi connectivity index (χ4n) is 3.42. The monoisotopic (exact) mass is 446 g/mol. The van der Waals surface area contributed by atoms with E-state index in [-0.39, 0.29) is 18.2 Å². The molecule has 164 valence electrons. The summed E-state index contributed by atoms with van der Waals surface area (Å²) >= 11 is 1.17. The SMILES string of the molecule is COc1ccc(C2CCN(c3nc(C(C)C)ns3)CC2NC(=O)C(F)(F)F)cc1F. The number of halogens is 4. The van der Waals surface area contributed by atoms with Crippen LogP contribution in [0.3, 0.4) is 0 Å². The number of aromatic nitrogens is 2. The Labute approximate surface area is 175 Å². The van der Waals surface area contributed by atoms with Crippen molar-refractivity contribution in [2.24, 2.45) is 0 Å². The number of hydrogen-bond donors (Lipinski definition) is 1. The summed E-state index contributed by atoms with van der Waals surface area (Å²) in [7, 11) is 1.33. The molecule has 1 aliphatic rings. The lowest BCUT2D eigenvalue weighted by Crippen LogP contribution is -2.54. The Balaban J connectivity index is 1.86. The fourth-order valence-corrected chi connectivity index (χ4v) is 4.27. The van der Waals surface area contributed by atoms with Crippen molar-refractivity contribution in [2.45, 2.75) is 44.3 Å². The molecule has 1 N–H and O–H groups in total. The summed E-state index contributed by atoms with van der Waals surface area (Å²) in [5, 5.41) is 2.67. The summed E-state index contributed by atoms with van der Waals surface area (Å²) in [6.07, 6.45) is -4.60. The molecule has 1 aliphatic heterocycles. The number of ether oxygens (including phenoxy) is 1. The number of rotatable bonds is 5. The third-order valence-corrected chi connectivity index (χ3v) is 5.80. The molecule has 0 aliphatic carbocycles. The lowest BCUT2D eigenvalue weighted by atomic mass is 9.85. The average Bonchev–Trinajstić information content (AvgIpc) is 3.17. The van der Waals surface area contributed by atoms with Gasteiger partial charge in [0, 0.05) is 36.5 Å². The molecule has 3 rings (SSSR count). The molecule has 0 spiro atoms. The van der Waals surface area contributed by atoms with Crippen LogP contribution in [0.1, 0.15) is 43.5 Å². The number of carbonyl (C=O) groups excluding carboxylic acids is 1. The Kier molecular flexibility index (Phi) is 6.49. The second-order valence-corrected chi connectivity index (χ2v) is 8.13. The molecule has 0 bridgehead atoms. The third kappa shape index (κ3) is 4.82. The van der Waals surface area contributed by atoms with Crippen molar-refractivity contribution in [2.75, 3.05) is 25.1 Å². The molecule has 1 saturated heterocycles. The maximum atomic E-state index is 14.2. The summed E-state index contributed by atoms with van der Waals surface area (Å²) < 4.78 is 62.0. The molecule has 1 amide bonds. The van der Waals surface area contributed by atoms with Crippen molar-refractivity contribution in [3.63, 3.8) is 0 Å². The Morgan fingerprint density at radius 1 is 1.37 bits per heavy atom. The molecule has 2 heterocycles. The van der Waals surface area contributed by atoms with E-state index in [1.54, 1.807) is 11.0 Å². The number of amides is 1. The molecular weight excluding hydrogens is 424 g/mol. The fraction of sp³-hybridized carbons (Fsp3) is 0.526. The van der Waals surface area contributed by atoms with Crippen LogP contribution in [0.5, 0.6) is 5.75 Å². The van der Waals surface area contributed by atoms with Crippen LogP contribution in [0.15, 0.2) is 18.2 Å². The van der Waals surface area contributed by atoms with E-state index in [1.165, 1.54) is 30.8 Å². The highest BCUT2D eigenvalue weighted by Crippen LogP contribution is 2.34. The second kappa shape index (κ2) is 8.75. The van der Waals surface area contributed by atoms with E-state index in [2.05, 4.69) is 14.7 Å². The van der Waals surface area contributed by atoms with Crippen LogP contribution in [0.2, 0.25) is 0 Å². The van der Waals surface area contributed by atoms with Gasteiger partial charge in [-0.25, -0.2) is 9.37 Å². The van der Waals surface area contributed by atoms with E-state index in [9.17, 15) is 22.4 Å². The number of hydrogen-bond acceptors (Lipinski definition) is 6. The number of nitrogens with zero attached hydrogens (tertiary/aromatic N) is 3. The highest BCUT2D eigenvalue weighted by atomic mass is 32.1. The molecule has 0 saturated carbocycles. The highest BCUT2D eigenvalue weighted by molar-refractivity contribution is 7.09. The van der Waals surface area contributed by atoms with Crippen LogP contribution in [0, 0.1) is 5.82 Å². The average molecular weight is 446 g/mol. The molecule has 2 atom stereocenters. The largest absolute Gasteiger partial charge is 0.494 e. The van der Waals surface area contributed by atoms with Crippen LogP contribution in [0.4, 0.5) is 22.7 Å². The van der Waals surface area contributed by atoms with Crippen molar-refractivity contribution in [1.29, 1.82) is 0 Å². The van der Waals surface area contributed by atoms with Crippen LogP contribution in [-0.4, -0.2) is 47.7 Å². The van der Waals surface area contributed by atoms with Gasteiger partial charge in [-0.1, -0.05) is 19.9 Å². The molecular formula is C19H22F4N4O2S. The van der Waals surface area contributed by atoms with Gasteiger partial charge in [-0.2, -0.15) is 17.5 Å². The number of carbonyl (C=O) groups is 1. The van der Waals surface area contributed by atoms with E-state index in [0.29, 0.717) is 29.5 Å². The summed E-state index contributed by atoms with van der Waals surface area (Å²) in [6.45, 7) is 4.49. The molecule has 0 radical (unpaired) electrons. The van der Waals surface area contributed by atoms with Gasteiger partial charge in [0.15, 0.2) is 11.6 Å². The number of piperidine rings is 1. The summed E-state index contributed by atoms with van der Waals surface area (Å²) in [5.74, 6) is -2.30. The van der Waals surface area contributed by atoms with E-state index >= 15 is 0 Å². The number of anilines is 1. The van der Waals surface area contributed by atoms with E-state index in [1.807, 2.05) is 13.8 Å². The lowest BCUT2D eigenvalue weighted by molar-refractivity contribution is -0.174. The van der Waals surface area contributed by atoms with Gasteiger partial charge < -0.3 is 15.0 Å². The Hall–Kier alpha value is -2.43. The van der Waals surface area contributed by atoms with Crippen molar-refractivity contribution in [1.82, 2.24) is 14.7 Å². The van der Waals surface area contributed by atoms with Crippen molar-refractivity contribution in [3.05, 3.63) is 35.4 Å². The van der Waals surface area contributed by atoms with Crippen LogP contribution in [-0.2, 0) is 4.79 Å². The first kappa shape index (κ1) is 22.3. The molecule has 11 heteroatoms. The minimum absolute atomic E-state index is 0.0436. The number of nitrogens with one attached hydrogen (secondary N) is 1. The van der Waals surface area contributed by atoms with Crippen LogP contribution >= 0.6 is 11.5 Å². The first-order valence-corrected chi connectivity index (χ1v) is 10.2.